The molecule has 3 N–H and O–H groups in total. The van der Waals surface area contributed by atoms with Gasteiger partial charge in [0.15, 0.2) is 0 Å². The van der Waals surface area contributed by atoms with Gasteiger partial charge in [0.1, 0.15) is 5.75 Å². The van der Waals surface area contributed by atoms with Crippen LogP contribution in [0.2, 0.25) is 0 Å². The van der Waals surface area contributed by atoms with Crippen molar-refractivity contribution in [2.24, 2.45) is 5.73 Å². The van der Waals surface area contributed by atoms with Gasteiger partial charge >= 0.3 is 0 Å². The molecule has 0 unspecified atom stereocenters. The Hall–Kier alpha value is -1.22. The van der Waals surface area contributed by atoms with Gasteiger partial charge in [0.05, 0.1) is 6.61 Å². The predicted molar refractivity (Wildman–Crippen MR) is 55.2 cm³/mol. The van der Waals surface area contributed by atoms with Crippen LogP contribution in [0.1, 0.15) is 6.92 Å². The first-order valence-corrected chi connectivity index (χ1v) is 4.53. The van der Waals surface area contributed by atoms with Crippen LogP contribution in [-0.4, -0.2) is 19.7 Å². The largest absolute Gasteiger partial charge is 0.494 e. The molecule has 0 bridgehead atoms. The SMILES string of the molecule is CCOc1ccc(NCCN)cc1. The molecule has 0 amide bonds. The van der Waals surface area contributed by atoms with Crippen molar-refractivity contribution in [2.75, 3.05) is 25.0 Å². The minimum atomic E-state index is 0.646. The summed E-state index contributed by atoms with van der Waals surface area (Å²) in [7, 11) is 0. The summed E-state index contributed by atoms with van der Waals surface area (Å²) in [6.07, 6.45) is 0. The molecule has 3 heteroatoms. The Morgan fingerprint density at radius 3 is 2.54 bits per heavy atom. The number of nitrogens with two attached hydrogens (primary N) is 1. The van der Waals surface area contributed by atoms with Gasteiger partial charge in [-0.1, -0.05) is 0 Å². The van der Waals surface area contributed by atoms with E-state index in [0.717, 1.165) is 18.0 Å². The first-order chi connectivity index (χ1) is 6.36. The molecule has 0 aromatic heterocycles. The van der Waals surface area contributed by atoms with Crippen LogP contribution in [0.3, 0.4) is 0 Å². The van der Waals surface area contributed by atoms with Gasteiger partial charge in [0.2, 0.25) is 0 Å². The van der Waals surface area contributed by atoms with Gasteiger partial charge in [-0.3, -0.25) is 0 Å². The zero-order chi connectivity index (χ0) is 9.52. The smallest absolute Gasteiger partial charge is 0.119 e. The molecule has 0 fully saturated rings. The fourth-order valence-corrected chi connectivity index (χ4v) is 1.05. The summed E-state index contributed by atoms with van der Waals surface area (Å²) in [6.45, 7) is 4.12. The summed E-state index contributed by atoms with van der Waals surface area (Å²) >= 11 is 0. The lowest BCUT2D eigenvalue weighted by atomic mass is 10.3. The minimum absolute atomic E-state index is 0.646. The molecular weight excluding hydrogens is 164 g/mol. The molecule has 3 nitrogen and oxygen atoms in total. The summed E-state index contributed by atoms with van der Waals surface area (Å²) in [5, 5.41) is 3.18. The van der Waals surface area contributed by atoms with Gasteiger partial charge in [-0.25, -0.2) is 0 Å². The number of hydrogen-bond acceptors (Lipinski definition) is 3. The highest BCUT2D eigenvalue weighted by Crippen LogP contribution is 2.14. The lowest BCUT2D eigenvalue weighted by molar-refractivity contribution is 0.340. The molecule has 0 aliphatic rings. The van der Waals surface area contributed by atoms with Crippen molar-refractivity contribution in [3.8, 4) is 5.75 Å². The van der Waals surface area contributed by atoms with E-state index in [1.54, 1.807) is 0 Å². The zero-order valence-corrected chi connectivity index (χ0v) is 7.92. The number of ether oxygens (including phenoxy) is 1. The number of nitrogens with one attached hydrogen (secondary N) is 1. The third kappa shape index (κ3) is 3.34. The van der Waals surface area contributed by atoms with Crippen LogP contribution < -0.4 is 15.8 Å². The van der Waals surface area contributed by atoms with Gasteiger partial charge in [0.25, 0.3) is 0 Å². The van der Waals surface area contributed by atoms with Gasteiger partial charge in [-0.2, -0.15) is 0 Å². The van der Waals surface area contributed by atoms with Gasteiger partial charge < -0.3 is 15.8 Å². The average Bonchev–Trinajstić information content (AvgIpc) is 2.17. The van der Waals surface area contributed by atoms with E-state index in [2.05, 4.69) is 5.32 Å². The first kappa shape index (κ1) is 9.86. The van der Waals surface area contributed by atoms with Crippen molar-refractivity contribution in [3.05, 3.63) is 24.3 Å². The second-order valence-electron chi connectivity index (χ2n) is 2.67. The Balaban J connectivity index is 2.48. The van der Waals surface area contributed by atoms with Crippen molar-refractivity contribution in [3.63, 3.8) is 0 Å². The highest BCUT2D eigenvalue weighted by molar-refractivity contribution is 5.46. The molecule has 0 spiro atoms. The molecule has 0 heterocycles. The molecule has 13 heavy (non-hydrogen) atoms. The van der Waals surface area contributed by atoms with Gasteiger partial charge in [0, 0.05) is 18.8 Å². The quantitative estimate of drug-likeness (QED) is 0.721. The standard InChI is InChI=1S/C10H16N2O/c1-2-13-10-5-3-9(4-6-10)12-8-7-11/h3-6,12H,2,7-8,11H2,1H3. The van der Waals surface area contributed by atoms with Crippen LogP contribution in [-0.2, 0) is 0 Å². The number of benzene rings is 1. The summed E-state index contributed by atoms with van der Waals surface area (Å²) < 4.78 is 5.31. The Kier molecular flexibility index (Phi) is 4.12. The van der Waals surface area contributed by atoms with E-state index < -0.39 is 0 Å². The van der Waals surface area contributed by atoms with E-state index in [1.165, 1.54) is 0 Å². The van der Waals surface area contributed by atoms with Crippen LogP contribution >= 0.6 is 0 Å². The van der Waals surface area contributed by atoms with Crippen molar-refractivity contribution in [1.29, 1.82) is 0 Å². The second kappa shape index (κ2) is 5.43. The van der Waals surface area contributed by atoms with E-state index in [0.29, 0.717) is 13.2 Å². The topological polar surface area (TPSA) is 47.3 Å². The third-order valence-electron chi connectivity index (χ3n) is 1.64. The number of rotatable bonds is 5. The van der Waals surface area contributed by atoms with E-state index in [9.17, 15) is 0 Å². The normalized spacial score (nSPS) is 9.69. The Bertz CT molecular complexity index is 233. The fourth-order valence-electron chi connectivity index (χ4n) is 1.05. The molecular formula is C10H16N2O. The van der Waals surface area contributed by atoms with Crippen LogP contribution in [0.4, 0.5) is 5.69 Å². The van der Waals surface area contributed by atoms with E-state index >= 15 is 0 Å². The summed E-state index contributed by atoms with van der Waals surface area (Å²) in [6, 6.07) is 7.87. The van der Waals surface area contributed by atoms with Crippen LogP contribution in [0, 0.1) is 0 Å². The van der Waals surface area contributed by atoms with Crippen molar-refractivity contribution in [1.82, 2.24) is 0 Å². The lowest BCUT2D eigenvalue weighted by Crippen LogP contribution is -2.12. The molecule has 0 aliphatic heterocycles. The zero-order valence-electron chi connectivity index (χ0n) is 7.92. The van der Waals surface area contributed by atoms with Gasteiger partial charge in [-0.15, -0.1) is 0 Å². The molecule has 72 valence electrons. The summed E-state index contributed by atoms with van der Waals surface area (Å²) in [4.78, 5) is 0. The number of anilines is 1. The Labute approximate surface area is 78.9 Å². The highest BCUT2D eigenvalue weighted by atomic mass is 16.5. The molecule has 0 aliphatic carbocycles. The average molecular weight is 180 g/mol. The third-order valence-corrected chi connectivity index (χ3v) is 1.64. The van der Waals surface area contributed by atoms with Crippen molar-refractivity contribution in [2.45, 2.75) is 6.92 Å². The van der Waals surface area contributed by atoms with Crippen LogP contribution in [0.5, 0.6) is 5.75 Å². The Morgan fingerprint density at radius 2 is 2.00 bits per heavy atom. The fraction of sp³-hybridized carbons (Fsp3) is 0.400. The molecule has 1 aromatic carbocycles. The molecule has 1 aromatic rings. The second-order valence-corrected chi connectivity index (χ2v) is 2.67. The highest BCUT2D eigenvalue weighted by Gasteiger charge is 1.92. The summed E-state index contributed by atoms with van der Waals surface area (Å²) in [5.41, 5.74) is 6.44. The molecule has 0 atom stereocenters. The molecule has 1 rings (SSSR count). The molecule has 0 saturated heterocycles. The molecule has 0 radical (unpaired) electrons. The minimum Gasteiger partial charge on any atom is -0.494 e. The Morgan fingerprint density at radius 1 is 1.31 bits per heavy atom. The van der Waals surface area contributed by atoms with Crippen LogP contribution in [0.15, 0.2) is 24.3 Å². The number of hydrogen-bond donors (Lipinski definition) is 2. The summed E-state index contributed by atoms with van der Waals surface area (Å²) in [5.74, 6) is 0.904. The van der Waals surface area contributed by atoms with Crippen LogP contribution in [0.25, 0.3) is 0 Å². The maximum Gasteiger partial charge on any atom is 0.119 e. The van der Waals surface area contributed by atoms with E-state index in [1.807, 2.05) is 31.2 Å². The first-order valence-electron chi connectivity index (χ1n) is 4.53. The van der Waals surface area contributed by atoms with E-state index in [-0.39, 0.29) is 0 Å². The van der Waals surface area contributed by atoms with E-state index in [4.69, 9.17) is 10.5 Å². The van der Waals surface area contributed by atoms with Crippen molar-refractivity contribution >= 4 is 5.69 Å². The monoisotopic (exact) mass is 180 g/mol. The maximum absolute atomic E-state index is 5.37. The predicted octanol–water partition coefficient (Wildman–Crippen LogP) is 1.46. The van der Waals surface area contributed by atoms with Crippen molar-refractivity contribution < 1.29 is 4.74 Å². The van der Waals surface area contributed by atoms with Gasteiger partial charge in [-0.05, 0) is 31.2 Å². The lowest BCUT2D eigenvalue weighted by Gasteiger charge is -2.06. The maximum atomic E-state index is 5.37. The molecule has 0 saturated carbocycles.